The van der Waals surface area contributed by atoms with Gasteiger partial charge in [0.25, 0.3) is 0 Å². The minimum absolute atomic E-state index is 0.0800. The van der Waals surface area contributed by atoms with Crippen molar-refractivity contribution in [2.75, 3.05) is 26.7 Å². The first-order valence-corrected chi connectivity index (χ1v) is 4.95. The topological polar surface area (TPSA) is 86.8 Å². The number of likely N-dealkylation sites (N-methyl/N-ethyl adjacent to an activating group) is 1. The van der Waals surface area contributed by atoms with Crippen LogP contribution in [0.15, 0.2) is 0 Å². The fourth-order valence-electron chi connectivity index (χ4n) is 1.44. The fraction of sp³-hybridized carbons (Fsp3) is 0.900. The Hall–Kier alpha value is -0.650. The quantitative estimate of drug-likeness (QED) is 0.571. The Morgan fingerprint density at radius 2 is 1.80 bits per heavy atom. The lowest BCUT2D eigenvalue weighted by atomic mass is 9.92. The van der Waals surface area contributed by atoms with E-state index in [1.54, 1.807) is 11.9 Å². The van der Waals surface area contributed by atoms with Crippen LogP contribution in [0.2, 0.25) is 0 Å². The number of hydrogen-bond acceptors (Lipinski definition) is 4. The molecule has 1 atom stereocenters. The normalized spacial score (nSPS) is 16.5. The monoisotopic (exact) mass is 218 g/mol. The highest BCUT2D eigenvalue weighted by atomic mass is 16.4. The van der Waals surface area contributed by atoms with Gasteiger partial charge in [0.2, 0.25) is 0 Å². The molecule has 0 saturated carbocycles. The van der Waals surface area contributed by atoms with Gasteiger partial charge in [-0.05, 0) is 25.9 Å². The average Bonchev–Trinajstić information content (AvgIpc) is 2.01. The van der Waals surface area contributed by atoms with Crippen molar-refractivity contribution < 1.29 is 15.0 Å². The van der Waals surface area contributed by atoms with Gasteiger partial charge in [0.05, 0.1) is 0 Å². The van der Waals surface area contributed by atoms with Crippen LogP contribution in [0.5, 0.6) is 0 Å². The Labute approximate surface area is 90.9 Å². The third kappa shape index (κ3) is 5.11. The third-order valence-corrected chi connectivity index (χ3v) is 2.29. The van der Waals surface area contributed by atoms with E-state index in [0.29, 0.717) is 13.1 Å². The highest BCUT2D eigenvalue weighted by molar-refractivity contribution is 5.76. The molecule has 0 spiro atoms. The van der Waals surface area contributed by atoms with Crippen LogP contribution in [-0.4, -0.2) is 53.4 Å². The van der Waals surface area contributed by atoms with Crippen molar-refractivity contribution in [3.05, 3.63) is 0 Å². The molecule has 5 heteroatoms. The standard InChI is InChI=1S/C10H22N2O3/c1-9(2,5-11)6-12(4)7-10(3,15)8(13)14/h15H,5-7,11H2,1-4H3,(H,13,14). The van der Waals surface area contributed by atoms with Gasteiger partial charge in [-0.3, -0.25) is 0 Å². The van der Waals surface area contributed by atoms with Crippen molar-refractivity contribution in [2.45, 2.75) is 26.4 Å². The summed E-state index contributed by atoms with van der Waals surface area (Å²) >= 11 is 0. The molecule has 0 aromatic heterocycles. The van der Waals surface area contributed by atoms with E-state index in [4.69, 9.17) is 10.8 Å². The van der Waals surface area contributed by atoms with Gasteiger partial charge in [-0.2, -0.15) is 0 Å². The summed E-state index contributed by atoms with van der Waals surface area (Å²) in [6.45, 7) is 6.55. The summed E-state index contributed by atoms with van der Waals surface area (Å²) in [5.41, 5.74) is 3.78. The van der Waals surface area contributed by atoms with Crippen molar-refractivity contribution in [3.63, 3.8) is 0 Å². The maximum Gasteiger partial charge on any atom is 0.336 e. The van der Waals surface area contributed by atoms with Crippen LogP contribution < -0.4 is 5.73 Å². The minimum Gasteiger partial charge on any atom is -0.479 e. The van der Waals surface area contributed by atoms with Gasteiger partial charge in [0, 0.05) is 13.1 Å². The molecule has 15 heavy (non-hydrogen) atoms. The van der Waals surface area contributed by atoms with Crippen molar-refractivity contribution in [1.29, 1.82) is 0 Å². The molecule has 0 aromatic rings. The van der Waals surface area contributed by atoms with Crippen molar-refractivity contribution in [1.82, 2.24) is 4.90 Å². The smallest absolute Gasteiger partial charge is 0.336 e. The van der Waals surface area contributed by atoms with Gasteiger partial charge in [-0.15, -0.1) is 0 Å². The van der Waals surface area contributed by atoms with Gasteiger partial charge >= 0.3 is 5.97 Å². The number of nitrogens with two attached hydrogens (primary N) is 1. The van der Waals surface area contributed by atoms with Gasteiger partial charge < -0.3 is 20.8 Å². The van der Waals surface area contributed by atoms with E-state index in [9.17, 15) is 9.90 Å². The van der Waals surface area contributed by atoms with Crippen LogP contribution >= 0.6 is 0 Å². The zero-order valence-corrected chi connectivity index (χ0v) is 9.95. The maximum atomic E-state index is 10.7. The molecule has 0 rings (SSSR count). The van der Waals surface area contributed by atoms with Crippen molar-refractivity contribution in [3.8, 4) is 0 Å². The Morgan fingerprint density at radius 3 is 2.13 bits per heavy atom. The van der Waals surface area contributed by atoms with Gasteiger partial charge in [-0.25, -0.2) is 4.79 Å². The molecule has 0 saturated heterocycles. The molecular weight excluding hydrogens is 196 g/mol. The van der Waals surface area contributed by atoms with E-state index in [2.05, 4.69) is 0 Å². The zero-order chi connectivity index (χ0) is 12.3. The first-order chi connectivity index (χ1) is 6.60. The molecule has 0 heterocycles. The van der Waals surface area contributed by atoms with Crippen LogP contribution in [0.25, 0.3) is 0 Å². The average molecular weight is 218 g/mol. The van der Waals surface area contributed by atoms with E-state index in [1.165, 1.54) is 6.92 Å². The summed E-state index contributed by atoms with van der Waals surface area (Å²) in [7, 11) is 1.77. The van der Waals surface area contributed by atoms with E-state index in [-0.39, 0.29) is 12.0 Å². The van der Waals surface area contributed by atoms with Crippen LogP contribution in [0.4, 0.5) is 0 Å². The number of carbonyl (C=O) groups is 1. The highest BCUT2D eigenvalue weighted by Gasteiger charge is 2.32. The summed E-state index contributed by atoms with van der Waals surface area (Å²) < 4.78 is 0. The lowest BCUT2D eigenvalue weighted by molar-refractivity contribution is -0.158. The Kier molecular flexibility index (Phi) is 4.70. The summed E-state index contributed by atoms with van der Waals surface area (Å²) in [5.74, 6) is -1.21. The van der Waals surface area contributed by atoms with E-state index in [1.807, 2.05) is 13.8 Å². The van der Waals surface area contributed by atoms with E-state index >= 15 is 0 Å². The molecule has 4 N–H and O–H groups in total. The van der Waals surface area contributed by atoms with Crippen molar-refractivity contribution >= 4 is 5.97 Å². The van der Waals surface area contributed by atoms with Crippen LogP contribution in [0.3, 0.4) is 0 Å². The molecule has 1 unspecified atom stereocenters. The summed E-state index contributed by atoms with van der Waals surface area (Å²) in [6.07, 6.45) is 0. The number of aliphatic carboxylic acids is 1. The first kappa shape index (κ1) is 14.3. The second kappa shape index (κ2) is 4.92. The zero-order valence-electron chi connectivity index (χ0n) is 9.95. The fourth-order valence-corrected chi connectivity index (χ4v) is 1.44. The summed E-state index contributed by atoms with van der Waals surface area (Å²) in [5, 5.41) is 18.3. The predicted molar refractivity (Wildman–Crippen MR) is 58.6 cm³/mol. The Balaban J connectivity index is 4.26. The Bertz CT molecular complexity index is 227. The van der Waals surface area contributed by atoms with Gasteiger partial charge in [0.1, 0.15) is 0 Å². The van der Waals surface area contributed by atoms with Gasteiger partial charge in [-0.1, -0.05) is 13.8 Å². The molecule has 0 aromatic carbocycles. The number of rotatable bonds is 6. The predicted octanol–water partition coefficient (Wildman–Crippen LogP) is -0.261. The molecular formula is C10H22N2O3. The second-order valence-electron chi connectivity index (χ2n) is 5.12. The number of aliphatic hydroxyl groups is 1. The summed E-state index contributed by atoms with van der Waals surface area (Å²) in [6, 6.07) is 0. The highest BCUT2D eigenvalue weighted by Crippen LogP contribution is 2.15. The van der Waals surface area contributed by atoms with Crippen LogP contribution in [-0.2, 0) is 4.79 Å². The molecule has 0 amide bonds. The van der Waals surface area contributed by atoms with E-state index < -0.39 is 11.6 Å². The molecule has 90 valence electrons. The Morgan fingerprint density at radius 1 is 1.33 bits per heavy atom. The summed E-state index contributed by atoms with van der Waals surface area (Å²) in [4.78, 5) is 12.5. The van der Waals surface area contributed by atoms with Gasteiger partial charge in [0.15, 0.2) is 5.60 Å². The third-order valence-electron chi connectivity index (χ3n) is 2.29. The van der Waals surface area contributed by atoms with Crippen LogP contribution in [0.1, 0.15) is 20.8 Å². The molecule has 0 bridgehead atoms. The molecule has 0 fully saturated rings. The van der Waals surface area contributed by atoms with Crippen molar-refractivity contribution in [2.24, 2.45) is 11.1 Å². The second-order valence-corrected chi connectivity index (χ2v) is 5.12. The van der Waals surface area contributed by atoms with Crippen LogP contribution in [0, 0.1) is 5.41 Å². The first-order valence-electron chi connectivity index (χ1n) is 4.95. The lowest BCUT2D eigenvalue weighted by Crippen LogP contribution is -2.48. The maximum absolute atomic E-state index is 10.7. The molecule has 5 nitrogen and oxygen atoms in total. The SMILES string of the molecule is CN(CC(C)(C)CN)CC(C)(O)C(=O)O. The minimum atomic E-state index is -1.71. The lowest BCUT2D eigenvalue weighted by Gasteiger charge is -2.32. The number of hydrogen-bond donors (Lipinski definition) is 3. The number of carboxylic acid groups (broad SMARTS) is 1. The number of carboxylic acids is 1. The largest absolute Gasteiger partial charge is 0.479 e. The molecule has 0 aliphatic heterocycles. The molecule has 0 aliphatic rings. The van der Waals surface area contributed by atoms with E-state index in [0.717, 1.165) is 0 Å². The number of nitrogens with zero attached hydrogens (tertiary/aromatic N) is 1. The molecule has 0 radical (unpaired) electrons. The molecule has 0 aliphatic carbocycles.